The maximum absolute atomic E-state index is 10.6. The first kappa shape index (κ1) is 11.8. The van der Waals surface area contributed by atoms with Crippen molar-refractivity contribution in [2.45, 2.75) is 4.90 Å². The number of hydrogen-bond acceptors (Lipinski definition) is 3. The van der Waals surface area contributed by atoms with Crippen LogP contribution in [0.4, 0.5) is 5.69 Å². The summed E-state index contributed by atoms with van der Waals surface area (Å²) in [4.78, 5) is 11.3. The monoisotopic (exact) mass is 191 g/mol. The molecule has 12 heavy (non-hydrogen) atoms. The molecule has 3 nitrogen and oxygen atoms in total. The molecule has 0 saturated carbocycles. The Morgan fingerprint density at radius 1 is 1.42 bits per heavy atom. The fourth-order valence-electron chi connectivity index (χ4n) is 0.708. The molecule has 0 unspecified atom stereocenters. The quantitative estimate of drug-likeness (QED) is 0.339. The van der Waals surface area contributed by atoms with Gasteiger partial charge in [-0.25, -0.2) is 0 Å². The molecule has 0 bridgehead atoms. The molecule has 5 heteroatoms. The molecule has 0 atom stereocenters. The van der Waals surface area contributed by atoms with E-state index in [9.17, 15) is 4.79 Å². The maximum Gasteiger partial charge on any atom is 0.248 e. The number of nitrogen functional groups attached to an aromatic ring is 1. The Bertz CT molecular complexity index is 303. The van der Waals surface area contributed by atoms with Crippen molar-refractivity contribution in [1.82, 2.24) is 0 Å². The number of anilines is 1. The molecule has 0 aliphatic carbocycles. The second-order valence-electron chi connectivity index (χ2n) is 2.14. The van der Waals surface area contributed by atoms with Gasteiger partial charge in [-0.15, -0.1) is 12.6 Å². The number of nitrogens with two attached hydrogens (primary N) is 2. The molecule has 0 aliphatic heterocycles. The van der Waals surface area contributed by atoms with Crippen LogP contribution < -0.4 is 11.5 Å². The van der Waals surface area contributed by atoms with Gasteiger partial charge in [0.2, 0.25) is 5.91 Å². The predicted octanol–water partition coefficient (Wildman–Crippen LogP) is 0.276. The van der Waals surface area contributed by atoms with Crippen LogP contribution in [-0.2, 0) is 0 Å². The Morgan fingerprint density at radius 3 is 2.42 bits per heavy atom. The van der Waals surface area contributed by atoms with Crippen LogP contribution in [0.1, 0.15) is 10.4 Å². The zero-order valence-electron chi connectivity index (χ0n) is 6.74. The molecule has 0 aromatic heterocycles. The zero-order chi connectivity index (χ0) is 8.43. The van der Waals surface area contributed by atoms with Gasteiger partial charge in [0.1, 0.15) is 0 Å². The summed E-state index contributed by atoms with van der Waals surface area (Å²) < 4.78 is 0. The van der Waals surface area contributed by atoms with Crippen LogP contribution in [0.15, 0.2) is 23.1 Å². The topological polar surface area (TPSA) is 69.1 Å². The second kappa shape index (κ2) is 4.77. The Morgan fingerprint density at radius 2 is 2.00 bits per heavy atom. The third-order valence-electron chi connectivity index (χ3n) is 1.31. The minimum atomic E-state index is -0.481. The Kier molecular flexibility index (Phi) is 4.70. The van der Waals surface area contributed by atoms with E-state index in [1.165, 1.54) is 6.07 Å². The number of primary amides is 1. The summed E-state index contributed by atoms with van der Waals surface area (Å²) in [7, 11) is 0. The number of amides is 1. The van der Waals surface area contributed by atoms with Crippen molar-refractivity contribution in [3.8, 4) is 0 Å². The Hall–Kier alpha value is -0.160. The van der Waals surface area contributed by atoms with Gasteiger partial charge in [0.25, 0.3) is 0 Å². The molecule has 1 amide bonds. The SMILES string of the molecule is NC(=O)c1ccc(S)c(N)c1.[Na]. The van der Waals surface area contributed by atoms with Crippen molar-refractivity contribution < 1.29 is 4.79 Å². The van der Waals surface area contributed by atoms with E-state index in [-0.39, 0.29) is 29.6 Å². The molecule has 0 fully saturated rings. The van der Waals surface area contributed by atoms with E-state index in [0.29, 0.717) is 16.1 Å². The van der Waals surface area contributed by atoms with Crippen LogP contribution in [0, 0.1) is 0 Å². The smallest absolute Gasteiger partial charge is 0.248 e. The molecule has 59 valence electrons. The van der Waals surface area contributed by atoms with Gasteiger partial charge in [0.05, 0.1) is 0 Å². The first-order valence-electron chi connectivity index (χ1n) is 2.99. The molecule has 0 aliphatic rings. The fourth-order valence-corrected chi connectivity index (χ4v) is 0.847. The molecular weight excluding hydrogens is 183 g/mol. The number of hydrogen-bond donors (Lipinski definition) is 3. The van der Waals surface area contributed by atoms with Crippen molar-refractivity contribution in [2.75, 3.05) is 5.73 Å². The minimum absolute atomic E-state index is 0. The van der Waals surface area contributed by atoms with Crippen LogP contribution in [0.2, 0.25) is 0 Å². The number of carbonyl (C=O) groups is 1. The van der Waals surface area contributed by atoms with Crippen molar-refractivity contribution in [3.63, 3.8) is 0 Å². The summed E-state index contributed by atoms with van der Waals surface area (Å²) in [5.41, 5.74) is 11.4. The molecule has 1 radical (unpaired) electrons. The van der Waals surface area contributed by atoms with Crippen molar-refractivity contribution in [2.24, 2.45) is 5.73 Å². The van der Waals surface area contributed by atoms with E-state index in [2.05, 4.69) is 12.6 Å². The number of carbonyl (C=O) groups excluding carboxylic acids is 1. The molecule has 1 aromatic carbocycles. The van der Waals surface area contributed by atoms with Gasteiger partial charge in [-0.2, -0.15) is 0 Å². The molecule has 0 saturated heterocycles. The number of thiol groups is 1. The van der Waals surface area contributed by atoms with E-state index in [4.69, 9.17) is 11.5 Å². The first-order valence-corrected chi connectivity index (χ1v) is 3.44. The van der Waals surface area contributed by atoms with Gasteiger partial charge < -0.3 is 11.5 Å². The van der Waals surface area contributed by atoms with E-state index in [1.807, 2.05) is 0 Å². The Labute approximate surface area is 98.2 Å². The third kappa shape index (κ3) is 2.71. The maximum atomic E-state index is 10.6. The summed E-state index contributed by atoms with van der Waals surface area (Å²) in [6.45, 7) is 0. The molecule has 1 aromatic rings. The molecule has 0 spiro atoms. The summed E-state index contributed by atoms with van der Waals surface area (Å²) in [5.74, 6) is -0.481. The number of rotatable bonds is 1. The molecule has 1 rings (SSSR count). The summed E-state index contributed by atoms with van der Waals surface area (Å²) >= 11 is 4.04. The Balaban J connectivity index is 0.00000121. The summed E-state index contributed by atoms with van der Waals surface area (Å²) in [5, 5.41) is 0. The van der Waals surface area contributed by atoms with Crippen molar-refractivity contribution >= 4 is 53.8 Å². The van der Waals surface area contributed by atoms with E-state index in [1.54, 1.807) is 12.1 Å². The van der Waals surface area contributed by atoms with Gasteiger partial charge >= 0.3 is 0 Å². The third-order valence-corrected chi connectivity index (χ3v) is 1.72. The standard InChI is InChI=1S/C7H8N2OS.Na/c8-5-3-4(7(9)10)1-2-6(5)11;/h1-3,11H,8H2,(H2,9,10);. The molecule has 0 heterocycles. The average molecular weight is 191 g/mol. The van der Waals surface area contributed by atoms with Crippen molar-refractivity contribution in [1.29, 1.82) is 0 Å². The van der Waals surface area contributed by atoms with Gasteiger partial charge in [-0.1, -0.05) is 0 Å². The van der Waals surface area contributed by atoms with Crippen molar-refractivity contribution in [3.05, 3.63) is 23.8 Å². The van der Waals surface area contributed by atoms with Gasteiger partial charge in [0.15, 0.2) is 0 Å². The fraction of sp³-hybridized carbons (Fsp3) is 0. The van der Waals surface area contributed by atoms with Crippen LogP contribution in [0.3, 0.4) is 0 Å². The largest absolute Gasteiger partial charge is 0.398 e. The number of benzene rings is 1. The summed E-state index contributed by atoms with van der Waals surface area (Å²) in [6, 6.07) is 4.73. The molecular formula is C7H8N2NaOS. The van der Waals surface area contributed by atoms with Crippen LogP contribution >= 0.6 is 12.6 Å². The zero-order valence-corrected chi connectivity index (χ0v) is 9.64. The van der Waals surface area contributed by atoms with E-state index < -0.39 is 5.91 Å². The first-order chi connectivity index (χ1) is 5.11. The van der Waals surface area contributed by atoms with E-state index >= 15 is 0 Å². The van der Waals surface area contributed by atoms with Gasteiger partial charge in [0, 0.05) is 45.7 Å². The molecule has 4 N–H and O–H groups in total. The van der Waals surface area contributed by atoms with Gasteiger partial charge in [-0.3, -0.25) is 4.79 Å². The minimum Gasteiger partial charge on any atom is -0.398 e. The van der Waals surface area contributed by atoms with Crippen LogP contribution in [0.5, 0.6) is 0 Å². The predicted molar refractivity (Wildman–Crippen MR) is 52.4 cm³/mol. The van der Waals surface area contributed by atoms with Crippen LogP contribution in [-0.4, -0.2) is 35.5 Å². The normalized spacial score (nSPS) is 8.75. The van der Waals surface area contributed by atoms with E-state index in [0.717, 1.165) is 0 Å². The summed E-state index contributed by atoms with van der Waals surface area (Å²) in [6.07, 6.45) is 0. The average Bonchev–Trinajstić information content (AvgIpc) is 1.94. The second-order valence-corrected chi connectivity index (χ2v) is 2.62. The van der Waals surface area contributed by atoms with Gasteiger partial charge in [-0.05, 0) is 18.2 Å². The van der Waals surface area contributed by atoms with Crippen LogP contribution in [0.25, 0.3) is 0 Å².